The first-order valence-electron chi connectivity index (χ1n) is 24.1. The summed E-state index contributed by atoms with van der Waals surface area (Å²) in [7, 11) is 2.37. The fraction of sp³-hybridized carbons (Fsp3) is 0.0317. The molecule has 0 atom stereocenters. The van der Waals surface area contributed by atoms with Gasteiger partial charge in [0.05, 0.1) is 11.4 Å². The molecular weight excluding hydrogens is 848 g/mol. The Labute approximate surface area is 410 Å². The first-order chi connectivity index (χ1) is 34.8. The lowest BCUT2D eigenvalue weighted by Gasteiger charge is -2.38. The molecule has 0 unspecified atom stereocenters. The quantitative estimate of drug-likeness (QED) is 0.142. The van der Waals surface area contributed by atoms with E-state index in [9.17, 15) is 0 Å². The minimum Gasteiger partial charge on any atom is -0.311 e. The van der Waals surface area contributed by atoms with Gasteiger partial charge < -0.3 is 9.80 Å². The maximum Gasteiger partial charge on any atom is 0.246 e. The van der Waals surface area contributed by atoms with Crippen LogP contribution in [0.15, 0.2) is 254 Å². The van der Waals surface area contributed by atoms with Crippen LogP contribution in [0.25, 0.3) is 56.4 Å². The van der Waals surface area contributed by atoms with Crippen LogP contribution in [0, 0.1) is 0 Å². The van der Waals surface area contributed by atoms with Crippen molar-refractivity contribution < 1.29 is 0 Å². The number of para-hydroxylation sites is 5. The average Bonchev–Trinajstić information content (AvgIpc) is 3.44. The van der Waals surface area contributed by atoms with Gasteiger partial charge in [-0.25, -0.2) is 15.0 Å². The highest BCUT2D eigenvalue weighted by atomic mass is 15.2. The van der Waals surface area contributed by atoms with Crippen molar-refractivity contribution in [3.05, 3.63) is 254 Å². The summed E-state index contributed by atoms with van der Waals surface area (Å²) in [5, 5.41) is 0. The van der Waals surface area contributed by atoms with Crippen LogP contribution in [-0.2, 0) is 0 Å². The van der Waals surface area contributed by atoms with Gasteiger partial charge in [0, 0.05) is 50.6 Å². The molecule has 2 aliphatic heterocycles. The third-order valence-electron chi connectivity index (χ3n) is 13.9. The number of rotatable bonds is 8. The second kappa shape index (κ2) is 17.7. The van der Waals surface area contributed by atoms with Gasteiger partial charge in [0.25, 0.3) is 0 Å². The summed E-state index contributed by atoms with van der Waals surface area (Å²) in [5.74, 6) is 1.77. The van der Waals surface area contributed by atoms with Crippen LogP contribution < -0.4 is 31.7 Å². The molecule has 5 nitrogen and oxygen atoms in total. The van der Waals surface area contributed by atoms with Crippen molar-refractivity contribution in [2.24, 2.45) is 0 Å². The van der Waals surface area contributed by atoms with Crippen LogP contribution in [0.2, 0.25) is 0 Å². The van der Waals surface area contributed by atoms with Gasteiger partial charge in [0.15, 0.2) is 24.8 Å². The van der Waals surface area contributed by atoms with Gasteiger partial charge in [-0.15, -0.1) is 0 Å². The predicted molar refractivity (Wildman–Crippen MR) is 292 cm³/mol. The van der Waals surface area contributed by atoms with E-state index in [-0.39, 0.29) is 6.71 Å². The van der Waals surface area contributed by atoms with Crippen molar-refractivity contribution >= 4 is 64.3 Å². The fourth-order valence-electron chi connectivity index (χ4n) is 10.8. The van der Waals surface area contributed by atoms with E-state index in [2.05, 4.69) is 254 Å². The molecule has 0 bridgehead atoms. The van der Waals surface area contributed by atoms with E-state index < -0.39 is 0 Å². The van der Waals surface area contributed by atoms with E-state index >= 15 is 0 Å². The summed E-state index contributed by atoms with van der Waals surface area (Å²) in [5.41, 5.74) is 19.8. The molecule has 7 heteroatoms. The number of fused-ring (bicyclic) bond motifs is 3. The number of aromatic nitrogens is 3. The lowest BCUT2D eigenvalue weighted by atomic mass is 9.35. The van der Waals surface area contributed by atoms with Gasteiger partial charge >= 0.3 is 0 Å². The van der Waals surface area contributed by atoms with Gasteiger partial charge in [0.2, 0.25) is 6.71 Å². The number of allylic oxidation sites excluding steroid dienone is 3. The number of benzene rings is 9. The number of anilines is 5. The van der Waals surface area contributed by atoms with Crippen molar-refractivity contribution in [3.63, 3.8) is 0 Å². The molecule has 1 radical (unpaired) electrons. The van der Waals surface area contributed by atoms with Crippen LogP contribution in [0.4, 0.5) is 28.4 Å². The minimum absolute atomic E-state index is 0.0353. The smallest absolute Gasteiger partial charge is 0.246 e. The molecule has 1 aromatic heterocycles. The van der Waals surface area contributed by atoms with E-state index in [1.165, 1.54) is 33.0 Å². The second-order valence-electron chi connectivity index (χ2n) is 18.0. The maximum atomic E-state index is 5.70. The largest absolute Gasteiger partial charge is 0.311 e. The maximum absolute atomic E-state index is 5.70. The Morgan fingerprint density at radius 1 is 0.386 bits per heavy atom. The Morgan fingerprint density at radius 3 is 1.43 bits per heavy atom. The summed E-state index contributed by atoms with van der Waals surface area (Å²) >= 11 is 0. The predicted octanol–water partition coefficient (Wildman–Crippen LogP) is 12.5. The van der Waals surface area contributed by atoms with E-state index in [0.717, 1.165) is 80.2 Å². The van der Waals surface area contributed by atoms with Crippen LogP contribution >= 0.6 is 0 Å². The van der Waals surface area contributed by atoms with Crippen molar-refractivity contribution in [3.8, 4) is 56.4 Å². The highest BCUT2D eigenvalue weighted by Gasteiger charge is 2.37. The molecule has 1 aliphatic carbocycles. The second-order valence-corrected chi connectivity index (χ2v) is 18.0. The number of hydrogen-bond acceptors (Lipinski definition) is 5. The fourth-order valence-corrected chi connectivity index (χ4v) is 10.8. The van der Waals surface area contributed by atoms with Crippen molar-refractivity contribution in [2.45, 2.75) is 12.8 Å². The molecule has 327 valence electrons. The third kappa shape index (κ3) is 7.17. The molecular formula is C63H44B2N5. The van der Waals surface area contributed by atoms with Gasteiger partial charge in [-0.05, 0) is 71.3 Å². The molecule has 0 N–H and O–H groups in total. The topological polar surface area (TPSA) is 45.2 Å². The monoisotopic (exact) mass is 892 g/mol. The summed E-state index contributed by atoms with van der Waals surface area (Å²) in [6, 6.07) is 82.2. The highest BCUT2D eigenvalue weighted by Crippen LogP contribution is 2.49. The van der Waals surface area contributed by atoms with Gasteiger partial charge in [-0.2, -0.15) is 0 Å². The van der Waals surface area contributed by atoms with Crippen LogP contribution in [0.3, 0.4) is 0 Å². The molecule has 70 heavy (non-hydrogen) atoms. The van der Waals surface area contributed by atoms with E-state index in [0.29, 0.717) is 17.5 Å². The standard InChI is InChI=1S/C63H44B2N5/c1-5-23-43(24-6-1)47-31-21-33-49(59(47)69-55-39-17-13-35-51(55)64-52-36-14-18-40-56(52)69)62-66-61(45-27-9-3-10-28-45)67-63(68-62)50-34-22-32-48(44-25-7-2-8-26-44)60(50)70-57-41-19-15-37-53(57)65(46-29-11-4-12-30-46)54-38-16-20-42-58(54)70/h1-13,15-35,37-42H,14,36H2. The molecule has 0 spiro atoms. The van der Waals surface area contributed by atoms with Gasteiger partial charge in [-0.3, -0.25) is 0 Å². The normalized spacial score (nSPS) is 13.5. The Balaban J connectivity index is 1.10. The highest BCUT2D eigenvalue weighted by molar-refractivity contribution is 6.98. The molecule has 3 aliphatic rings. The first-order valence-corrected chi connectivity index (χ1v) is 24.1. The SMILES string of the molecule is [B]1C2=C(C=CCC2)N(c2c(-c3ccccc3)cccc2-c2nc(-c3ccccc3)nc(-c3cccc(-c4ccccc4)c3N3c4ccccc4B(c4ccccc4)c4ccccc43)n2)c2ccccc21. The molecule has 10 aromatic rings. The van der Waals surface area contributed by atoms with E-state index in [1.54, 1.807) is 0 Å². The minimum atomic E-state index is 0.0353. The van der Waals surface area contributed by atoms with E-state index in [4.69, 9.17) is 15.0 Å². The zero-order valence-corrected chi connectivity index (χ0v) is 38.4. The van der Waals surface area contributed by atoms with Crippen LogP contribution in [0.1, 0.15) is 12.8 Å². The van der Waals surface area contributed by atoms with Crippen molar-refractivity contribution in [1.29, 1.82) is 0 Å². The Hall–Kier alpha value is -8.80. The molecule has 0 amide bonds. The van der Waals surface area contributed by atoms with Gasteiger partial charge in [-0.1, -0.05) is 223 Å². The summed E-state index contributed by atoms with van der Waals surface area (Å²) < 4.78 is 0. The first kappa shape index (κ1) is 41.4. The molecule has 13 rings (SSSR count). The molecule has 0 fully saturated rings. The van der Waals surface area contributed by atoms with Crippen molar-refractivity contribution in [1.82, 2.24) is 15.0 Å². The lowest BCUT2D eigenvalue weighted by molar-refractivity contribution is 0.970. The van der Waals surface area contributed by atoms with Gasteiger partial charge in [0.1, 0.15) is 0 Å². The summed E-state index contributed by atoms with van der Waals surface area (Å²) in [6.07, 6.45) is 6.55. The average molecular weight is 893 g/mol. The zero-order chi connectivity index (χ0) is 46.4. The number of nitrogens with zero attached hydrogens (tertiary/aromatic N) is 5. The molecule has 0 saturated carbocycles. The number of hydrogen-bond donors (Lipinski definition) is 0. The Morgan fingerprint density at radius 2 is 0.843 bits per heavy atom. The molecule has 0 saturated heterocycles. The van der Waals surface area contributed by atoms with E-state index in [1.807, 2.05) is 6.07 Å². The summed E-state index contributed by atoms with van der Waals surface area (Å²) in [6.45, 7) is 0.0353. The zero-order valence-electron chi connectivity index (χ0n) is 38.4. The van der Waals surface area contributed by atoms with Crippen LogP contribution in [-0.4, -0.2) is 28.9 Å². The Kier molecular flexibility index (Phi) is 10.5. The Bertz CT molecular complexity index is 3610. The van der Waals surface area contributed by atoms with Crippen LogP contribution in [0.5, 0.6) is 0 Å². The van der Waals surface area contributed by atoms with Crippen molar-refractivity contribution in [2.75, 3.05) is 9.80 Å². The lowest BCUT2D eigenvalue weighted by Crippen LogP contribution is -2.57. The third-order valence-corrected chi connectivity index (χ3v) is 13.9. The summed E-state index contributed by atoms with van der Waals surface area (Å²) in [4.78, 5) is 21.6. The molecule has 3 heterocycles. The molecule has 9 aromatic carbocycles.